The fourth-order valence-corrected chi connectivity index (χ4v) is 3.44. The number of hydrogen-bond acceptors (Lipinski definition) is 4. The lowest BCUT2D eigenvalue weighted by Gasteiger charge is -2.20. The summed E-state index contributed by atoms with van der Waals surface area (Å²) in [6, 6.07) is 12.9. The zero-order valence-electron chi connectivity index (χ0n) is 16.7. The van der Waals surface area contributed by atoms with E-state index in [2.05, 4.69) is 6.92 Å². The molecule has 0 aliphatic carbocycles. The first-order valence-electron chi connectivity index (χ1n) is 9.77. The van der Waals surface area contributed by atoms with E-state index >= 15 is 0 Å². The average molecular weight is 396 g/mol. The summed E-state index contributed by atoms with van der Waals surface area (Å²) in [5, 5.41) is 9.30. The molecule has 0 saturated heterocycles. The van der Waals surface area contributed by atoms with E-state index in [1.165, 1.54) is 24.3 Å². The molecule has 3 rings (SSSR count). The summed E-state index contributed by atoms with van der Waals surface area (Å²) in [5.41, 5.74) is 2.52. The zero-order valence-corrected chi connectivity index (χ0v) is 16.7. The lowest BCUT2D eigenvalue weighted by Crippen LogP contribution is -2.34. The van der Waals surface area contributed by atoms with Crippen molar-refractivity contribution in [2.24, 2.45) is 0 Å². The van der Waals surface area contributed by atoms with Crippen molar-refractivity contribution in [2.45, 2.75) is 26.2 Å². The van der Waals surface area contributed by atoms with Crippen LogP contribution in [-0.4, -0.2) is 42.0 Å². The molecule has 0 spiro atoms. The standard InChI is InChI=1S/C23H25FN2O3/c1-3-4-5-16-6-12-19(13-7-16)26-22(28)20(17-8-10-18(24)11-9-17)21(23(26)29)25(2)14-15-27/h6-13,27H,3-5,14-15H2,1-2H3. The number of aliphatic hydroxyl groups excluding tert-OH is 1. The molecule has 0 aromatic heterocycles. The summed E-state index contributed by atoms with van der Waals surface area (Å²) in [5.74, 6) is -1.33. The minimum Gasteiger partial charge on any atom is -0.395 e. The third-order valence-electron chi connectivity index (χ3n) is 5.02. The molecule has 2 amide bonds. The highest BCUT2D eigenvalue weighted by Gasteiger charge is 2.41. The van der Waals surface area contributed by atoms with Gasteiger partial charge in [0.25, 0.3) is 11.8 Å². The maximum atomic E-state index is 13.4. The highest BCUT2D eigenvalue weighted by atomic mass is 19.1. The Morgan fingerprint density at radius 3 is 2.24 bits per heavy atom. The predicted molar refractivity (Wildman–Crippen MR) is 111 cm³/mol. The van der Waals surface area contributed by atoms with Crippen molar-refractivity contribution >= 4 is 23.1 Å². The predicted octanol–water partition coefficient (Wildman–Crippen LogP) is 3.38. The van der Waals surface area contributed by atoms with Crippen LogP contribution in [0.1, 0.15) is 30.9 Å². The van der Waals surface area contributed by atoms with Gasteiger partial charge in [-0.2, -0.15) is 0 Å². The van der Waals surface area contributed by atoms with E-state index < -0.39 is 17.6 Å². The number of amides is 2. The van der Waals surface area contributed by atoms with Crippen LogP contribution < -0.4 is 4.90 Å². The highest BCUT2D eigenvalue weighted by molar-refractivity contribution is 6.45. The van der Waals surface area contributed by atoms with Crippen molar-refractivity contribution in [3.05, 3.63) is 71.2 Å². The number of rotatable bonds is 8. The summed E-state index contributed by atoms with van der Waals surface area (Å²) in [7, 11) is 1.65. The molecular formula is C23H25FN2O3. The molecule has 0 saturated carbocycles. The molecule has 1 aliphatic rings. The molecule has 1 N–H and O–H groups in total. The largest absolute Gasteiger partial charge is 0.395 e. The smallest absolute Gasteiger partial charge is 0.282 e. The lowest BCUT2D eigenvalue weighted by molar-refractivity contribution is -0.120. The first kappa shape index (κ1) is 20.7. The average Bonchev–Trinajstić information content (AvgIpc) is 2.98. The van der Waals surface area contributed by atoms with E-state index in [4.69, 9.17) is 0 Å². The van der Waals surface area contributed by atoms with Crippen LogP contribution in [0.4, 0.5) is 10.1 Å². The normalized spacial score (nSPS) is 14.1. The quantitative estimate of drug-likeness (QED) is 0.695. The van der Waals surface area contributed by atoms with Gasteiger partial charge in [-0.3, -0.25) is 9.59 Å². The zero-order chi connectivity index (χ0) is 21.0. The van der Waals surface area contributed by atoms with Crippen molar-refractivity contribution in [3.63, 3.8) is 0 Å². The number of aliphatic hydroxyl groups is 1. The van der Waals surface area contributed by atoms with Gasteiger partial charge in [-0.25, -0.2) is 9.29 Å². The number of unbranched alkanes of at least 4 members (excludes halogenated alkanes) is 1. The number of nitrogens with zero attached hydrogens (tertiary/aromatic N) is 2. The van der Waals surface area contributed by atoms with E-state index in [0.717, 1.165) is 29.7 Å². The van der Waals surface area contributed by atoms with E-state index in [1.807, 2.05) is 12.1 Å². The summed E-state index contributed by atoms with van der Waals surface area (Å²) < 4.78 is 13.4. The molecule has 6 heteroatoms. The van der Waals surface area contributed by atoms with Crippen molar-refractivity contribution in [1.29, 1.82) is 0 Å². The lowest BCUT2D eigenvalue weighted by atomic mass is 10.0. The van der Waals surface area contributed by atoms with E-state index in [9.17, 15) is 19.1 Å². The summed E-state index contributed by atoms with van der Waals surface area (Å²) in [4.78, 5) is 29.1. The number of anilines is 1. The van der Waals surface area contributed by atoms with Gasteiger partial charge in [0.2, 0.25) is 0 Å². The monoisotopic (exact) mass is 396 g/mol. The number of likely N-dealkylation sites (N-methyl/N-ethyl adjacent to an activating group) is 1. The second-order valence-electron chi connectivity index (χ2n) is 7.09. The second kappa shape index (κ2) is 9.01. The number of carbonyl (C=O) groups is 2. The Balaban J connectivity index is 1.99. The molecule has 1 aliphatic heterocycles. The molecular weight excluding hydrogens is 371 g/mol. The number of benzene rings is 2. The van der Waals surface area contributed by atoms with Crippen molar-refractivity contribution in [3.8, 4) is 0 Å². The van der Waals surface area contributed by atoms with Gasteiger partial charge >= 0.3 is 0 Å². The fourth-order valence-electron chi connectivity index (χ4n) is 3.44. The molecule has 0 atom stereocenters. The number of imide groups is 1. The molecule has 5 nitrogen and oxygen atoms in total. The van der Waals surface area contributed by atoms with Gasteiger partial charge in [0.15, 0.2) is 0 Å². The number of halogens is 1. The maximum absolute atomic E-state index is 13.4. The minimum atomic E-state index is -0.456. The van der Waals surface area contributed by atoms with Gasteiger partial charge < -0.3 is 10.0 Å². The maximum Gasteiger partial charge on any atom is 0.282 e. The summed E-state index contributed by atoms with van der Waals surface area (Å²) >= 11 is 0. The van der Waals surface area contributed by atoms with Crippen LogP contribution in [-0.2, 0) is 16.0 Å². The van der Waals surface area contributed by atoms with Crippen LogP contribution >= 0.6 is 0 Å². The molecule has 2 aromatic rings. The third kappa shape index (κ3) is 4.22. The Morgan fingerprint density at radius 1 is 1.00 bits per heavy atom. The van der Waals surface area contributed by atoms with Gasteiger partial charge in [-0.15, -0.1) is 0 Å². The molecule has 0 fully saturated rings. The molecule has 0 bridgehead atoms. The Kier molecular flexibility index (Phi) is 6.44. The van der Waals surface area contributed by atoms with Crippen LogP contribution in [0, 0.1) is 5.82 Å². The molecule has 1 heterocycles. The molecule has 0 radical (unpaired) electrons. The van der Waals surface area contributed by atoms with Crippen molar-refractivity contribution in [1.82, 2.24) is 4.90 Å². The molecule has 0 unspecified atom stereocenters. The summed E-state index contributed by atoms with van der Waals surface area (Å²) in [6.45, 7) is 2.16. The van der Waals surface area contributed by atoms with E-state index in [0.29, 0.717) is 11.3 Å². The van der Waals surface area contributed by atoms with Crippen molar-refractivity contribution < 1.29 is 19.1 Å². The van der Waals surface area contributed by atoms with Crippen LogP contribution in [0.2, 0.25) is 0 Å². The van der Waals surface area contributed by atoms with Crippen molar-refractivity contribution in [2.75, 3.05) is 25.1 Å². The Bertz CT molecular complexity index is 920. The van der Waals surface area contributed by atoms with Crippen LogP contribution in [0.3, 0.4) is 0 Å². The topological polar surface area (TPSA) is 60.9 Å². The minimum absolute atomic E-state index is 0.162. The first-order chi connectivity index (χ1) is 14.0. The third-order valence-corrected chi connectivity index (χ3v) is 5.02. The Hall–Kier alpha value is -2.99. The number of hydrogen-bond donors (Lipinski definition) is 1. The Labute approximate surface area is 170 Å². The highest BCUT2D eigenvalue weighted by Crippen LogP contribution is 2.34. The van der Waals surface area contributed by atoms with Gasteiger partial charge in [0, 0.05) is 13.6 Å². The van der Waals surface area contributed by atoms with Gasteiger partial charge in [-0.1, -0.05) is 37.6 Å². The van der Waals surface area contributed by atoms with Gasteiger partial charge in [0.1, 0.15) is 11.5 Å². The SMILES string of the molecule is CCCCc1ccc(N2C(=O)C(c3ccc(F)cc3)=C(N(C)CCO)C2=O)cc1. The second-order valence-corrected chi connectivity index (χ2v) is 7.09. The molecule has 152 valence electrons. The van der Waals surface area contributed by atoms with Crippen LogP contribution in [0.5, 0.6) is 0 Å². The molecule has 29 heavy (non-hydrogen) atoms. The number of carbonyl (C=O) groups excluding carboxylic acids is 2. The Morgan fingerprint density at radius 2 is 1.66 bits per heavy atom. The summed E-state index contributed by atoms with van der Waals surface area (Å²) in [6.07, 6.45) is 3.12. The van der Waals surface area contributed by atoms with Gasteiger partial charge in [-0.05, 0) is 48.2 Å². The van der Waals surface area contributed by atoms with E-state index in [-0.39, 0.29) is 24.4 Å². The molecule has 2 aromatic carbocycles. The number of aryl methyl sites for hydroxylation is 1. The fraction of sp³-hybridized carbons (Fsp3) is 0.304. The van der Waals surface area contributed by atoms with Gasteiger partial charge in [0.05, 0.1) is 17.9 Å². The van der Waals surface area contributed by atoms with E-state index in [1.54, 1.807) is 24.1 Å². The van der Waals surface area contributed by atoms with Crippen LogP contribution in [0.25, 0.3) is 5.57 Å². The van der Waals surface area contributed by atoms with Crippen LogP contribution in [0.15, 0.2) is 54.2 Å². The first-order valence-corrected chi connectivity index (χ1v) is 9.77.